The van der Waals surface area contributed by atoms with Crippen LogP contribution in [0.1, 0.15) is 43.0 Å². The van der Waals surface area contributed by atoms with Crippen LogP contribution in [0.5, 0.6) is 0 Å². The van der Waals surface area contributed by atoms with Crippen molar-refractivity contribution in [3.05, 3.63) is 53.6 Å². The van der Waals surface area contributed by atoms with Gasteiger partial charge in [0, 0.05) is 30.0 Å². The van der Waals surface area contributed by atoms with Crippen molar-refractivity contribution >= 4 is 0 Å². The maximum Gasteiger partial charge on any atom is 0.127 e. The zero-order valence-corrected chi connectivity index (χ0v) is 11.5. The zero-order chi connectivity index (χ0) is 13.8. The molecule has 2 aromatic rings. The van der Waals surface area contributed by atoms with Gasteiger partial charge in [-0.05, 0) is 30.9 Å². The van der Waals surface area contributed by atoms with Crippen LogP contribution in [0, 0.1) is 11.7 Å². The largest absolute Gasteiger partial charge is 0.304 e. The molecule has 1 fully saturated rings. The number of H-pyrrole nitrogens is 1. The second kappa shape index (κ2) is 6.18. The Morgan fingerprint density at radius 3 is 2.75 bits per heavy atom. The van der Waals surface area contributed by atoms with Crippen LogP contribution >= 0.6 is 0 Å². The second-order valence-electron chi connectivity index (χ2n) is 5.51. The van der Waals surface area contributed by atoms with Crippen molar-refractivity contribution in [2.75, 3.05) is 0 Å². The minimum absolute atomic E-state index is 0.0852. The Kier molecular flexibility index (Phi) is 4.11. The molecular weight excluding hydrogens is 253 g/mol. The molecule has 3 nitrogen and oxygen atoms in total. The number of hydrogen-bond acceptors (Lipinski definition) is 2. The van der Waals surface area contributed by atoms with E-state index in [2.05, 4.69) is 15.5 Å². The molecule has 1 aromatic carbocycles. The van der Waals surface area contributed by atoms with E-state index in [4.69, 9.17) is 0 Å². The van der Waals surface area contributed by atoms with E-state index in [1.807, 2.05) is 18.2 Å². The normalized spacial score (nSPS) is 17.4. The lowest BCUT2D eigenvalue weighted by atomic mass is 9.91. The minimum atomic E-state index is -0.110. The van der Waals surface area contributed by atoms with Gasteiger partial charge in [0.1, 0.15) is 5.82 Å². The van der Waals surface area contributed by atoms with Crippen LogP contribution in [0.25, 0.3) is 0 Å². The lowest BCUT2D eigenvalue weighted by molar-refractivity contribution is 0.354. The van der Waals surface area contributed by atoms with Gasteiger partial charge in [-0.15, -0.1) is 0 Å². The fourth-order valence-corrected chi connectivity index (χ4v) is 3.15. The quantitative estimate of drug-likeness (QED) is 0.874. The SMILES string of the molecule is Fc1ccccc1[C@@H](NCc1ccn[nH]1)C1CCCC1. The predicted molar refractivity (Wildman–Crippen MR) is 76.5 cm³/mol. The van der Waals surface area contributed by atoms with Crippen molar-refractivity contribution < 1.29 is 4.39 Å². The van der Waals surface area contributed by atoms with Gasteiger partial charge in [-0.2, -0.15) is 5.10 Å². The van der Waals surface area contributed by atoms with Gasteiger partial charge in [-0.3, -0.25) is 5.10 Å². The number of benzene rings is 1. The first-order chi connectivity index (χ1) is 9.84. The molecule has 1 heterocycles. The first kappa shape index (κ1) is 13.3. The molecule has 2 N–H and O–H groups in total. The lowest BCUT2D eigenvalue weighted by Crippen LogP contribution is -2.27. The summed E-state index contributed by atoms with van der Waals surface area (Å²) < 4.78 is 14.1. The van der Waals surface area contributed by atoms with Crippen LogP contribution in [0.2, 0.25) is 0 Å². The highest BCUT2D eigenvalue weighted by Gasteiger charge is 2.27. The molecule has 3 rings (SSSR count). The van der Waals surface area contributed by atoms with E-state index < -0.39 is 0 Å². The van der Waals surface area contributed by atoms with Gasteiger partial charge in [0.25, 0.3) is 0 Å². The highest BCUT2D eigenvalue weighted by molar-refractivity contribution is 5.22. The molecule has 0 spiro atoms. The topological polar surface area (TPSA) is 40.7 Å². The molecule has 0 saturated heterocycles. The Hall–Kier alpha value is -1.68. The van der Waals surface area contributed by atoms with E-state index >= 15 is 0 Å². The van der Waals surface area contributed by atoms with Gasteiger partial charge in [0.15, 0.2) is 0 Å². The molecule has 1 atom stereocenters. The maximum absolute atomic E-state index is 14.1. The van der Waals surface area contributed by atoms with E-state index in [9.17, 15) is 4.39 Å². The van der Waals surface area contributed by atoms with Gasteiger partial charge in [0.05, 0.1) is 0 Å². The van der Waals surface area contributed by atoms with Gasteiger partial charge in [0.2, 0.25) is 0 Å². The Morgan fingerprint density at radius 2 is 2.05 bits per heavy atom. The average molecular weight is 273 g/mol. The number of nitrogens with zero attached hydrogens (tertiary/aromatic N) is 1. The molecule has 0 radical (unpaired) electrons. The van der Waals surface area contributed by atoms with Crippen molar-refractivity contribution in [2.24, 2.45) is 5.92 Å². The van der Waals surface area contributed by atoms with Crippen molar-refractivity contribution in [3.8, 4) is 0 Å². The van der Waals surface area contributed by atoms with E-state index in [0.29, 0.717) is 12.5 Å². The van der Waals surface area contributed by atoms with Crippen molar-refractivity contribution in [1.29, 1.82) is 0 Å². The Morgan fingerprint density at radius 1 is 1.25 bits per heavy atom. The van der Waals surface area contributed by atoms with Gasteiger partial charge in [-0.1, -0.05) is 31.0 Å². The fraction of sp³-hybridized carbons (Fsp3) is 0.438. The van der Waals surface area contributed by atoms with E-state index in [1.165, 1.54) is 25.7 Å². The summed E-state index contributed by atoms with van der Waals surface area (Å²) >= 11 is 0. The van der Waals surface area contributed by atoms with Crippen LogP contribution in [-0.4, -0.2) is 10.2 Å². The number of nitrogens with one attached hydrogen (secondary N) is 2. The summed E-state index contributed by atoms with van der Waals surface area (Å²) in [6.45, 7) is 0.690. The highest BCUT2D eigenvalue weighted by atomic mass is 19.1. The molecule has 1 aromatic heterocycles. The molecule has 0 unspecified atom stereocenters. The van der Waals surface area contributed by atoms with Crippen molar-refractivity contribution in [1.82, 2.24) is 15.5 Å². The zero-order valence-electron chi connectivity index (χ0n) is 11.5. The average Bonchev–Trinajstić information content (AvgIpc) is 3.14. The smallest absolute Gasteiger partial charge is 0.127 e. The number of rotatable bonds is 5. The number of halogens is 1. The molecular formula is C16H20FN3. The molecule has 1 aliphatic rings. The summed E-state index contributed by atoms with van der Waals surface area (Å²) in [6, 6.07) is 9.15. The summed E-state index contributed by atoms with van der Waals surface area (Å²) in [4.78, 5) is 0. The van der Waals surface area contributed by atoms with Crippen LogP contribution in [0.3, 0.4) is 0 Å². The monoisotopic (exact) mass is 273 g/mol. The number of aromatic amines is 1. The standard InChI is InChI=1S/C16H20FN3/c17-15-8-4-3-7-14(15)16(12-5-1-2-6-12)18-11-13-9-10-19-20-13/h3-4,7-10,12,16,18H,1-2,5-6,11H2,(H,19,20)/t16-/m0/s1. The van der Waals surface area contributed by atoms with E-state index in [1.54, 1.807) is 18.3 Å². The summed E-state index contributed by atoms with van der Waals surface area (Å²) in [5.74, 6) is 0.413. The molecule has 0 amide bonds. The molecule has 1 saturated carbocycles. The fourth-order valence-electron chi connectivity index (χ4n) is 3.15. The highest BCUT2D eigenvalue weighted by Crippen LogP contribution is 2.36. The summed E-state index contributed by atoms with van der Waals surface area (Å²) in [6.07, 6.45) is 6.59. The third kappa shape index (κ3) is 2.90. The number of hydrogen-bond donors (Lipinski definition) is 2. The van der Waals surface area contributed by atoms with Gasteiger partial charge in [-0.25, -0.2) is 4.39 Å². The molecule has 0 bridgehead atoms. The molecule has 106 valence electrons. The first-order valence-corrected chi connectivity index (χ1v) is 7.30. The van der Waals surface area contributed by atoms with Crippen LogP contribution in [0.15, 0.2) is 36.5 Å². The Balaban J connectivity index is 1.78. The van der Waals surface area contributed by atoms with Crippen LogP contribution in [-0.2, 0) is 6.54 Å². The maximum atomic E-state index is 14.1. The summed E-state index contributed by atoms with van der Waals surface area (Å²) in [5.41, 5.74) is 1.82. The molecule has 0 aliphatic heterocycles. The van der Waals surface area contributed by atoms with Crippen molar-refractivity contribution in [3.63, 3.8) is 0 Å². The Labute approximate surface area is 118 Å². The van der Waals surface area contributed by atoms with Gasteiger partial charge >= 0.3 is 0 Å². The minimum Gasteiger partial charge on any atom is -0.304 e. The summed E-state index contributed by atoms with van der Waals surface area (Å²) in [7, 11) is 0. The first-order valence-electron chi connectivity index (χ1n) is 7.30. The van der Waals surface area contributed by atoms with Crippen LogP contribution in [0.4, 0.5) is 4.39 Å². The molecule has 20 heavy (non-hydrogen) atoms. The third-order valence-electron chi connectivity index (χ3n) is 4.18. The Bertz CT molecular complexity index is 532. The second-order valence-corrected chi connectivity index (χ2v) is 5.51. The third-order valence-corrected chi connectivity index (χ3v) is 4.18. The van der Waals surface area contributed by atoms with Crippen LogP contribution < -0.4 is 5.32 Å². The van der Waals surface area contributed by atoms with Crippen molar-refractivity contribution in [2.45, 2.75) is 38.3 Å². The lowest BCUT2D eigenvalue weighted by Gasteiger charge is -2.25. The number of aromatic nitrogens is 2. The van der Waals surface area contributed by atoms with E-state index in [-0.39, 0.29) is 11.9 Å². The summed E-state index contributed by atoms with van der Waals surface area (Å²) in [5, 5.41) is 10.4. The van der Waals surface area contributed by atoms with E-state index in [0.717, 1.165) is 11.3 Å². The molecule has 1 aliphatic carbocycles. The molecule has 4 heteroatoms. The predicted octanol–water partition coefficient (Wildman–Crippen LogP) is 3.57. The van der Waals surface area contributed by atoms with Gasteiger partial charge < -0.3 is 5.32 Å².